The Morgan fingerprint density at radius 1 is 1.40 bits per heavy atom. The van der Waals surface area contributed by atoms with Crippen LogP contribution in [0, 0.1) is 11.8 Å². The molecule has 0 N–H and O–H groups in total. The number of carbonyl (C=O) groups is 3. The van der Waals surface area contributed by atoms with Crippen molar-refractivity contribution in [1.82, 2.24) is 4.90 Å². The molecule has 15 heavy (non-hydrogen) atoms. The molecule has 0 radical (unpaired) electrons. The molecule has 0 aromatic rings. The Balaban J connectivity index is 1.83. The summed E-state index contributed by atoms with van der Waals surface area (Å²) in [6.07, 6.45) is 0.804. The standard InChI is InChI=1S/C10H13NO4/c1-2-15-8(12)3-4-11-9(13)6-5-7(6)10(11)14/h6-7H,2-5H2,1H3. The molecule has 2 rings (SSSR count). The first kappa shape index (κ1) is 10.1. The van der Waals surface area contributed by atoms with Gasteiger partial charge in [0.2, 0.25) is 11.8 Å². The number of piperidine rings is 1. The van der Waals surface area contributed by atoms with Crippen molar-refractivity contribution in [2.75, 3.05) is 13.2 Å². The monoisotopic (exact) mass is 211 g/mol. The van der Waals surface area contributed by atoms with E-state index in [0.29, 0.717) is 13.0 Å². The van der Waals surface area contributed by atoms with Crippen molar-refractivity contribution in [1.29, 1.82) is 0 Å². The van der Waals surface area contributed by atoms with Gasteiger partial charge in [0.15, 0.2) is 0 Å². The van der Waals surface area contributed by atoms with Crippen LogP contribution >= 0.6 is 0 Å². The zero-order valence-corrected chi connectivity index (χ0v) is 8.56. The van der Waals surface area contributed by atoms with E-state index in [0.717, 1.165) is 0 Å². The number of carbonyl (C=O) groups excluding carboxylic acids is 3. The molecule has 0 bridgehead atoms. The highest BCUT2D eigenvalue weighted by atomic mass is 16.5. The van der Waals surface area contributed by atoms with Gasteiger partial charge in [-0.2, -0.15) is 0 Å². The molecule has 2 amide bonds. The van der Waals surface area contributed by atoms with E-state index < -0.39 is 0 Å². The van der Waals surface area contributed by atoms with Crippen LogP contribution in [0.2, 0.25) is 0 Å². The van der Waals surface area contributed by atoms with Crippen LogP contribution in [0.25, 0.3) is 0 Å². The predicted molar refractivity (Wildman–Crippen MR) is 49.6 cm³/mol. The zero-order chi connectivity index (χ0) is 11.0. The lowest BCUT2D eigenvalue weighted by Crippen LogP contribution is -2.34. The van der Waals surface area contributed by atoms with Gasteiger partial charge < -0.3 is 4.74 Å². The van der Waals surface area contributed by atoms with Crippen LogP contribution < -0.4 is 0 Å². The maximum absolute atomic E-state index is 11.5. The highest BCUT2D eigenvalue weighted by Gasteiger charge is 2.58. The number of fused-ring (bicyclic) bond motifs is 1. The average molecular weight is 211 g/mol. The maximum atomic E-state index is 11.5. The van der Waals surface area contributed by atoms with Crippen molar-refractivity contribution < 1.29 is 19.1 Å². The third kappa shape index (κ3) is 1.73. The number of imide groups is 1. The smallest absolute Gasteiger partial charge is 0.307 e. The van der Waals surface area contributed by atoms with Crippen molar-refractivity contribution in [2.24, 2.45) is 11.8 Å². The summed E-state index contributed by atoms with van der Waals surface area (Å²) in [5, 5.41) is 0. The molecule has 2 atom stereocenters. The summed E-state index contributed by atoms with van der Waals surface area (Å²) >= 11 is 0. The summed E-state index contributed by atoms with van der Waals surface area (Å²) in [4.78, 5) is 35.2. The Hall–Kier alpha value is -1.39. The molecule has 82 valence electrons. The Morgan fingerprint density at radius 3 is 2.53 bits per heavy atom. The topological polar surface area (TPSA) is 63.7 Å². The summed E-state index contributed by atoms with van der Waals surface area (Å²) < 4.78 is 4.72. The van der Waals surface area contributed by atoms with E-state index in [1.165, 1.54) is 4.90 Å². The average Bonchev–Trinajstić information content (AvgIpc) is 2.92. The van der Waals surface area contributed by atoms with Gasteiger partial charge in [0.25, 0.3) is 0 Å². The minimum absolute atomic E-state index is 0.0836. The maximum Gasteiger partial charge on any atom is 0.307 e. The van der Waals surface area contributed by atoms with Gasteiger partial charge in [-0.15, -0.1) is 0 Å². The molecular formula is C10H13NO4. The van der Waals surface area contributed by atoms with E-state index in [1.54, 1.807) is 6.92 Å². The second kappa shape index (κ2) is 3.64. The van der Waals surface area contributed by atoms with Gasteiger partial charge in [-0.1, -0.05) is 0 Å². The summed E-state index contributed by atoms with van der Waals surface area (Å²) in [6.45, 7) is 2.22. The lowest BCUT2D eigenvalue weighted by Gasteiger charge is -2.15. The molecule has 5 heteroatoms. The van der Waals surface area contributed by atoms with Crippen LogP contribution in [0.1, 0.15) is 19.8 Å². The third-order valence-electron chi connectivity index (χ3n) is 2.80. The molecule has 0 aromatic carbocycles. The van der Waals surface area contributed by atoms with Crippen LogP contribution in [0.15, 0.2) is 0 Å². The van der Waals surface area contributed by atoms with Crippen LogP contribution in [-0.4, -0.2) is 35.8 Å². The van der Waals surface area contributed by atoms with E-state index in [2.05, 4.69) is 0 Å². The van der Waals surface area contributed by atoms with Gasteiger partial charge in [0.1, 0.15) is 0 Å². The summed E-state index contributed by atoms with van der Waals surface area (Å²) in [5.41, 5.74) is 0. The zero-order valence-electron chi connectivity index (χ0n) is 8.56. The Kier molecular flexibility index (Phi) is 2.46. The molecule has 0 aromatic heterocycles. The van der Waals surface area contributed by atoms with Crippen LogP contribution in [0.3, 0.4) is 0 Å². The van der Waals surface area contributed by atoms with Gasteiger partial charge in [0, 0.05) is 6.54 Å². The quantitative estimate of drug-likeness (QED) is 0.483. The first-order valence-corrected chi connectivity index (χ1v) is 5.16. The largest absolute Gasteiger partial charge is 0.466 e. The minimum atomic E-state index is -0.362. The Bertz CT molecular complexity index is 305. The molecule has 1 saturated heterocycles. The van der Waals surface area contributed by atoms with E-state index in [1.807, 2.05) is 0 Å². The van der Waals surface area contributed by atoms with E-state index in [-0.39, 0.29) is 42.6 Å². The summed E-state index contributed by atoms with van der Waals surface area (Å²) in [6, 6.07) is 0. The van der Waals surface area contributed by atoms with Gasteiger partial charge in [-0.3, -0.25) is 19.3 Å². The van der Waals surface area contributed by atoms with E-state index >= 15 is 0 Å². The van der Waals surface area contributed by atoms with E-state index in [4.69, 9.17) is 4.74 Å². The van der Waals surface area contributed by atoms with Gasteiger partial charge >= 0.3 is 5.97 Å². The second-order valence-corrected chi connectivity index (χ2v) is 3.83. The van der Waals surface area contributed by atoms with Crippen LogP contribution in [-0.2, 0) is 19.1 Å². The van der Waals surface area contributed by atoms with Crippen molar-refractivity contribution in [3.8, 4) is 0 Å². The number of rotatable bonds is 4. The summed E-state index contributed by atoms with van der Waals surface area (Å²) in [5.74, 6) is -0.762. The molecule has 1 aliphatic carbocycles. The molecule has 1 saturated carbocycles. The van der Waals surface area contributed by atoms with Gasteiger partial charge in [0.05, 0.1) is 24.9 Å². The summed E-state index contributed by atoms with van der Waals surface area (Å²) in [7, 11) is 0. The number of esters is 1. The molecule has 1 aliphatic heterocycles. The fraction of sp³-hybridized carbons (Fsp3) is 0.700. The second-order valence-electron chi connectivity index (χ2n) is 3.83. The fourth-order valence-electron chi connectivity index (χ4n) is 1.91. The van der Waals surface area contributed by atoms with Gasteiger partial charge in [-0.25, -0.2) is 0 Å². The number of hydrogen-bond acceptors (Lipinski definition) is 4. The fourth-order valence-corrected chi connectivity index (χ4v) is 1.91. The lowest BCUT2D eigenvalue weighted by atomic mass is 10.3. The SMILES string of the molecule is CCOC(=O)CCN1C(=O)C2CC2C1=O. The highest BCUT2D eigenvalue weighted by Crippen LogP contribution is 2.46. The number of likely N-dealkylation sites (tertiary alicyclic amines) is 1. The first-order chi connectivity index (χ1) is 7.15. The molecule has 2 aliphatic rings. The minimum Gasteiger partial charge on any atom is -0.466 e. The van der Waals surface area contributed by atoms with Gasteiger partial charge in [-0.05, 0) is 13.3 Å². The Morgan fingerprint density at radius 2 is 2.00 bits per heavy atom. The third-order valence-corrected chi connectivity index (χ3v) is 2.80. The highest BCUT2D eigenvalue weighted by molar-refractivity contribution is 6.08. The van der Waals surface area contributed by atoms with Crippen molar-refractivity contribution in [3.63, 3.8) is 0 Å². The molecule has 5 nitrogen and oxygen atoms in total. The predicted octanol–water partition coefficient (Wildman–Crippen LogP) is -0.0555. The van der Waals surface area contributed by atoms with E-state index in [9.17, 15) is 14.4 Å². The number of amides is 2. The lowest BCUT2D eigenvalue weighted by molar-refractivity contribution is -0.145. The molecule has 0 spiro atoms. The van der Waals surface area contributed by atoms with Crippen LogP contribution in [0.5, 0.6) is 0 Å². The molecule has 2 fully saturated rings. The first-order valence-electron chi connectivity index (χ1n) is 5.16. The molecular weight excluding hydrogens is 198 g/mol. The van der Waals surface area contributed by atoms with Crippen molar-refractivity contribution in [3.05, 3.63) is 0 Å². The van der Waals surface area contributed by atoms with Crippen LogP contribution in [0.4, 0.5) is 0 Å². The van der Waals surface area contributed by atoms with Crippen molar-refractivity contribution >= 4 is 17.8 Å². The normalized spacial score (nSPS) is 27.9. The molecule has 1 heterocycles. The number of hydrogen-bond donors (Lipinski definition) is 0. The molecule has 2 unspecified atom stereocenters. The number of ether oxygens (including phenoxy) is 1. The Labute approximate surface area is 87.4 Å². The van der Waals surface area contributed by atoms with Crippen molar-refractivity contribution in [2.45, 2.75) is 19.8 Å². The number of nitrogens with zero attached hydrogens (tertiary/aromatic N) is 1.